The third-order valence-electron chi connectivity index (χ3n) is 6.12. The molecule has 1 atom stereocenters. The molecule has 2 aliphatic rings. The topological polar surface area (TPSA) is 85.0 Å². The van der Waals surface area contributed by atoms with Crippen LogP contribution in [0.1, 0.15) is 43.5 Å². The van der Waals surface area contributed by atoms with E-state index in [9.17, 15) is 14.4 Å². The number of rotatable bonds is 8. The van der Waals surface area contributed by atoms with E-state index in [0.717, 1.165) is 52.1 Å². The molecular formula is C23H35N5O3. The molecule has 2 N–H and O–H groups in total. The number of likely N-dealkylation sites (tertiary alicyclic amines) is 1. The highest BCUT2D eigenvalue weighted by atomic mass is 16.2. The standard InChI is InChI=1S/C23H35N5O3/c1-3-26-12-5-8-21(26)17-28(13-9-22(30)27-14-10-24-11-15-27)23(31)19-6-4-7-20(16-19)25-18(2)29/h4,6-7,16,21,24H,3,5,8-15,17H2,1-2H3,(H,25,29)/t21-/m0/s1. The van der Waals surface area contributed by atoms with Crippen LogP contribution in [0.2, 0.25) is 0 Å². The van der Waals surface area contributed by atoms with Crippen LogP contribution in [0.3, 0.4) is 0 Å². The van der Waals surface area contributed by atoms with Crippen LogP contribution in [0.15, 0.2) is 24.3 Å². The first-order valence-electron chi connectivity index (χ1n) is 11.4. The number of anilines is 1. The fourth-order valence-corrected chi connectivity index (χ4v) is 4.47. The number of amides is 3. The van der Waals surface area contributed by atoms with E-state index in [1.807, 2.05) is 9.80 Å². The molecule has 0 unspecified atom stereocenters. The van der Waals surface area contributed by atoms with E-state index in [4.69, 9.17) is 0 Å². The Hall–Kier alpha value is -2.45. The number of benzene rings is 1. The second-order valence-electron chi connectivity index (χ2n) is 8.32. The van der Waals surface area contributed by atoms with E-state index in [2.05, 4.69) is 22.5 Å². The zero-order valence-corrected chi connectivity index (χ0v) is 18.7. The largest absolute Gasteiger partial charge is 0.340 e. The molecule has 8 nitrogen and oxygen atoms in total. The lowest BCUT2D eigenvalue weighted by molar-refractivity contribution is -0.132. The van der Waals surface area contributed by atoms with E-state index in [1.54, 1.807) is 24.3 Å². The second-order valence-corrected chi connectivity index (χ2v) is 8.32. The van der Waals surface area contributed by atoms with Gasteiger partial charge in [-0.2, -0.15) is 0 Å². The van der Waals surface area contributed by atoms with Crippen molar-refractivity contribution in [1.82, 2.24) is 20.0 Å². The fraction of sp³-hybridized carbons (Fsp3) is 0.609. The number of carbonyl (C=O) groups excluding carboxylic acids is 3. The number of nitrogens with zero attached hydrogens (tertiary/aromatic N) is 3. The van der Waals surface area contributed by atoms with Crippen molar-refractivity contribution in [3.8, 4) is 0 Å². The number of hydrogen-bond acceptors (Lipinski definition) is 5. The summed E-state index contributed by atoms with van der Waals surface area (Å²) in [4.78, 5) is 43.6. The van der Waals surface area contributed by atoms with Gasteiger partial charge in [0.2, 0.25) is 11.8 Å². The summed E-state index contributed by atoms with van der Waals surface area (Å²) in [5.41, 5.74) is 1.13. The van der Waals surface area contributed by atoms with Crippen LogP contribution in [0.5, 0.6) is 0 Å². The summed E-state index contributed by atoms with van der Waals surface area (Å²) in [5.74, 6) is -0.166. The van der Waals surface area contributed by atoms with Crippen LogP contribution in [-0.2, 0) is 9.59 Å². The van der Waals surface area contributed by atoms with Gasteiger partial charge in [-0.15, -0.1) is 0 Å². The molecular weight excluding hydrogens is 394 g/mol. The molecule has 2 fully saturated rings. The SMILES string of the molecule is CCN1CCC[C@H]1CN(CCC(=O)N1CCNCC1)C(=O)c1cccc(NC(C)=O)c1. The minimum absolute atomic E-state index is 0.0942. The molecule has 170 valence electrons. The molecule has 1 aromatic rings. The van der Waals surface area contributed by atoms with Crippen molar-refractivity contribution in [2.24, 2.45) is 0 Å². The van der Waals surface area contributed by atoms with Crippen LogP contribution in [-0.4, -0.2) is 90.8 Å². The summed E-state index contributed by atoms with van der Waals surface area (Å²) in [6.07, 6.45) is 2.53. The van der Waals surface area contributed by atoms with Crippen molar-refractivity contribution in [3.05, 3.63) is 29.8 Å². The van der Waals surface area contributed by atoms with Crippen molar-refractivity contribution >= 4 is 23.4 Å². The lowest BCUT2D eigenvalue weighted by Crippen LogP contribution is -2.48. The van der Waals surface area contributed by atoms with Crippen LogP contribution < -0.4 is 10.6 Å². The van der Waals surface area contributed by atoms with E-state index in [-0.39, 0.29) is 17.7 Å². The summed E-state index contributed by atoms with van der Waals surface area (Å²) >= 11 is 0. The maximum absolute atomic E-state index is 13.4. The molecule has 2 saturated heterocycles. The summed E-state index contributed by atoms with van der Waals surface area (Å²) in [6.45, 7) is 9.71. The van der Waals surface area contributed by atoms with Gasteiger partial charge in [-0.1, -0.05) is 13.0 Å². The molecule has 0 radical (unpaired) electrons. The quantitative estimate of drug-likeness (QED) is 0.652. The zero-order chi connectivity index (χ0) is 22.2. The average Bonchev–Trinajstić information content (AvgIpc) is 3.23. The highest BCUT2D eigenvalue weighted by Crippen LogP contribution is 2.20. The Balaban J connectivity index is 1.71. The third-order valence-corrected chi connectivity index (χ3v) is 6.12. The van der Waals surface area contributed by atoms with Crippen molar-refractivity contribution in [2.45, 2.75) is 39.2 Å². The normalized spacial score (nSPS) is 19.3. The van der Waals surface area contributed by atoms with Gasteiger partial charge in [0.05, 0.1) is 0 Å². The first-order chi connectivity index (χ1) is 15.0. The summed E-state index contributed by atoms with van der Waals surface area (Å²) < 4.78 is 0. The molecule has 0 spiro atoms. The lowest BCUT2D eigenvalue weighted by atomic mass is 10.1. The molecule has 0 aromatic heterocycles. The Kier molecular flexibility index (Phi) is 8.43. The Morgan fingerprint density at radius 1 is 1.19 bits per heavy atom. The maximum Gasteiger partial charge on any atom is 0.253 e. The average molecular weight is 430 g/mol. The van der Waals surface area contributed by atoms with E-state index in [0.29, 0.717) is 36.8 Å². The lowest BCUT2D eigenvalue weighted by Gasteiger charge is -2.32. The molecule has 3 rings (SSSR count). The summed E-state index contributed by atoms with van der Waals surface area (Å²) in [5, 5.41) is 6.00. The Morgan fingerprint density at radius 2 is 1.97 bits per heavy atom. The minimum Gasteiger partial charge on any atom is -0.340 e. The third kappa shape index (κ3) is 6.51. The van der Waals surface area contributed by atoms with E-state index >= 15 is 0 Å². The van der Waals surface area contributed by atoms with Crippen LogP contribution in [0.25, 0.3) is 0 Å². The zero-order valence-electron chi connectivity index (χ0n) is 18.7. The monoisotopic (exact) mass is 429 g/mol. The molecule has 0 bridgehead atoms. The van der Waals surface area contributed by atoms with Crippen molar-refractivity contribution < 1.29 is 14.4 Å². The van der Waals surface area contributed by atoms with Gasteiger partial charge >= 0.3 is 0 Å². The highest BCUT2D eigenvalue weighted by molar-refractivity contribution is 5.97. The number of likely N-dealkylation sites (N-methyl/N-ethyl adjacent to an activating group) is 1. The van der Waals surface area contributed by atoms with Gasteiger partial charge in [0.25, 0.3) is 5.91 Å². The summed E-state index contributed by atoms with van der Waals surface area (Å²) in [6, 6.07) is 7.34. The predicted molar refractivity (Wildman–Crippen MR) is 121 cm³/mol. The van der Waals surface area contributed by atoms with E-state index in [1.165, 1.54) is 6.92 Å². The number of nitrogens with one attached hydrogen (secondary N) is 2. The van der Waals surface area contributed by atoms with Gasteiger partial charge in [-0.25, -0.2) is 0 Å². The van der Waals surface area contributed by atoms with E-state index < -0.39 is 0 Å². The molecule has 0 aliphatic carbocycles. The Labute approximate surface area is 184 Å². The minimum atomic E-state index is -0.174. The van der Waals surface area contributed by atoms with Crippen molar-refractivity contribution in [2.75, 3.05) is 57.7 Å². The molecule has 2 heterocycles. The van der Waals surface area contributed by atoms with Gasteiger partial charge in [-0.05, 0) is 44.1 Å². The van der Waals surface area contributed by atoms with Crippen LogP contribution in [0.4, 0.5) is 5.69 Å². The number of piperazine rings is 1. The Morgan fingerprint density at radius 3 is 2.68 bits per heavy atom. The maximum atomic E-state index is 13.4. The van der Waals surface area contributed by atoms with Crippen LogP contribution >= 0.6 is 0 Å². The highest BCUT2D eigenvalue weighted by Gasteiger charge is 2.28. The fourth-order valence-electron chi connectivity index (χ4n) is 4.47. The van der Waals surface area contributed by atoms with Gasteiger partial charge in [0.15, 0.2) is 0 Å². The molecule has 0 saturated carbocycles. The molecule has 2 aliphatic heterocycles. The van der Waals surface area contributed by atoms with Gasteiger partial charge in [0.1, 0.15) is 0 Å². The van der Waals surface area contributed by atoms with Crippen molar-refractivity contribution in [3.63, 3.8) is 0 Å². The smallest absolute Gasteiger partial charge is 0.253 e. The van der Waals surface area contributed by atoms with Gasteiger partial charge in [-0.3, -0.25) is 19.3 Å². The summed E-state index contributed by atoms with van der Waals surface area (Å²) in [7, 11) is 0. The molecule has 8 heteroatoms. The van der Waals surface area contributed by atoms with Gasteiger partial charge in [0, 0.05) is 69.9 Å². The van der Waals surface area contributed by atoms with Gasteiger partial charge < -0.3 is 20.4 Å². The molecule has 1 aromatic carbocycles. The first kappa shape index (κ1) is 23.2. The molecule has 31 heavy (non-hydrogen) atoms. The Bertz CT molecular complexity index is 778. The second kappa shape index (κ2) is 11.2. The molecule has 3 amide bonds. The van der Waals surface area contributed by atoms with Crippen molar-refractivity contribution in [1.29, 1.82) is 0 Å². The predicted octanol–water partition coefficient (Wildman–Crippen LogP) is 1.39. The number of hydrogen-bond donors (Lipinski definition) is 2. The first-order valence-corrected chi connectivity index (χ1v) is 11.4. The number of carbonyl (C=O) groups is 3. The van der Waals surface area contributed by atoms with Crippen LogP contribution in [0, 0.1) is 0 Å².